The zero-order chi connectivity index (χ0) is 10.9. The first-order valence-corrected chi connectivity index (χ1v) is 5.98. The van der Waals surface area contributed by atoms with Crippen molar-refractivity contribution in [1.82, 2.24) is 9.88 Å². The Morgan fingerprint density at radius 2 is 2.47 bits per heavy atom. The Kier molecular flexibility index (Phi) is 2.75. The number of amides is 1. The van der Waals surface area contributed by atoms with Gasteiger partial charge < -0.3 is 10.6 Å². The minimum Gasteiger partial charge on any atom is -0.338 e. The van der Waals surface area contributed by atoms with E-state index in [4.69, 9.17) is 5.73 Å². The van der Waals surface area contributed by atoms with E-state index in [2.05, 4.69) is 4.98 Å². The topological polar surface area (TPSA) is 59.2 Å². The first kappa shape index (κ1) is 10.6. The van der Waals surface area contributed by atoms with Crippen LogP contribution in [0.2, 0.25) is 0 Å². The van der Waals surface area contributed by atoms with Crippen molar-refractivity contribution in [2.45, 2.75) is 31.3 Å². The number of carbonyl (C=O) groups is 1. The second-order valence-corrected chi connectivity index (χ2v) is 4.87. The molecular formula is C10H15N3OS. The molecule has 0 atom stereocenters. The molecule has 0 aliphatic heterocycles. The summed E-state index contributed by atoms with van der Waals surface area (Å²) in [4.78, 5) is 17.8. The SMILES string of the molecule is CN(Cc1cscn1)C(=O)C1(N)CCC1. The van der Waals surface area contributed by atoms with Gasteiger partial charge in [-0.15, -0.1) is 11.3 Å². The summed E-state index contributed by atoms with van der Waals surface area (Å²) in [6.45, 7) is 0.557. The molecule has 1 aliphatic carbocycles. The normalized spacial score (nSPS) is 18.3. The van der Waals surface area contributed by atoms with Gasteiger partial charge in [-0.05, 0) is 19.3 Å². The van der Waals surface area contributed by atoms with Crippen LogP contribution in [0.5, 0.6) is 0 Å². The molecule has 82 valence electrons. The summed E-state index contributed by atoms with van der Waals surface area (Å²) in [5, 5.41) is 1.95. The third-order valence-electron chi connectivity index (χ3n) is 2.90. The van der Waals surface area contributed by atoms with Gasteiger partial charge in [0.15, 0.2) is 0 Å². The highest BCUT2D eigenvalue weighted by Gasteiger charge is 2.41. The van der Waals surface area contributed by atoms with Gasteiger partial charge in [-0.2, -0.15) is 0 Å². The molecule has 2 rings (SSSR count). The Bertz CT molecular complexity index is 346. The monoisotopic (exact) mass is 225 g/mol. The molecule has 0 unspecified atom stereocenters. The zero-order valence-corrected chi connectivity index (χ0v) is 9.59. The molecule has 2 N–H and O–H groups in total. The van der Waals surface area contributed by atoms with Crippen molar-refractivity contribution in [1.29, 1.82) is 0 Å². The lowest BCUT2D eigenvalue weighted by Crippen LogP contribution is -2.58. The van der Waals surface area contributed by atoms with E-state index in [0.717, 1.165) is 25.0 Å². The van der Waals surface area contributed by atoms with Gasteiger partial charge in [-0.3, -0.25) is 4.79 Å². The largest absolute Gasteiger partial charge is 0.338 e. The first-order chi connectivity index (χ1) is 7.12. The Balaban J connectivity index is 1.96. The lowest BCUT2D eigenvalue weighted by atomic mass is 9.76. The lowest BCUT2D eigenvalue weighted by Gasteiger charge is -2.39. The number of thiazole rings is 1. The number of aromatic nitrogens is 1. The number of nitrogens with zero attached hydrogens (tertiary/aromatic N) is 2. The molecule has 1 amide bonds. The molecule has 0 radical (unpaired) electrons. The molecule has 1 fully saturated rings. The quantitative estimate of drug-likeness (QED) is 0.834. The highest BCUT2D eigenvalue weighted by Crippen LogP contribution is 2.30. The first-order valence-electron chi connectivity index (χ1n) is 5.03. The summed E-state index contributed by atoms with van der Waals surface area (Å²) in [5.74, 6) is 0.0433. The molecule has 0 spiro atoms. The predicted molar refractivity (Wildman–Crippen MR) is 59.4 cm³/mol. The van der Waals surface area contributed by atoms with E-state index in [1.165, 1.54) is 0 Å². The summed E-state index contributed by atoms with van der Waals surface area (Å²) < 4.78 is 0. The van der Waals surface area contributed by atoms with E-state index in [1.807, 2.05) is 5.38 Å². The predicted octanol–water partition coefficient (Wildman–Crippen LogP) is 0.983. The van der Waals surface area contributed by atoms with Crippen molar-refractivity contribution in [3.63, 3.8) is 0 Å². The minimum atomic E-state index is -0.592. The second kappa shape index (κ2) is 3.90. The molecule has 1 aliphatic rings. The van der Waals surface area contributed by atoms with Crippen molar-refractivity contribution in [3.8, 4) is 0 Å². The molecule has 0 saturated heterocycles. The highest BCUT2D eigenvalue weighted by molar-refractivity contribution is 7.07. The van der Waals surface area contributed by atoms with Gasteiger partial charge in [0.05, 0.1) is 23.3 Å². The smallest absolute Gasteiger partial charge is 0.242 e. The van der Waals surface area contributed by atoms with Gasteiger partial charge in [0.2, 0.25) is 5.91 Å². The Hall–Kier alpha value is -0.940. The second-order valence-electron chi connectivity index (χ2n) is 4.15. The number of hydrogen-bond donors (Lipinski definition) is 1. The average Bonchev–Trinajstić information content (AvgIpc) is 2.65. The summed E-state index contributed by atoms with van der Waals surface area (Å²) in [7, 11) is 1.79. The van der Waals surface area contributed by atoms with E-state index in [1.54, 1.807) is 28.8 Å². The molecule has 4 nitrogen and oxygen atoms in total. The van der Waals surface area contributed by atoms with Gasteiger partial charge in [0.25, 0.3) is 0 Å². The maximum atomic E-state index is 11.9. The van der Waals surface area contributed by atoms with Crippen molar-refractivity contribution in [3.05, 3.63) is 16.6 Å². The van der Waals surface area contributed by atoms with Crippen LogP contribution in [0.4, 0.5) is 0 Å². The fourth-order valence-electron chi connectivity index (χ4n) is 1.78. The van der Waals surface area contributed by atoms with Gasteiger partial charge in [0.1, 0.15) is 0 Å². The summed E-state index contributed by atoms with van der Waals surface area (Å²) in [6.07, 6.45) is 2.69. The maximum absolute atomic E-state index is 11.9. The molecule has 1 heterocycles. The van der Waals surface area contributed by atoms with E-state index in [9.17, 15) is 4.79 Å². The fraction of sp³-hybridized carbons (Fsp3) is 0.600. The Morgan fingerprint density at radius 1 is 1.73 bits per heavy atom. The number of carbonyl (C=O) groups excluding carboxylic acids is 1. The van der Waals surface area contributed by atoms with Gasteiger partial charge in [0, 0.05) is 12.4 Å². The van der Waals surface area contributed by atoms with E-state index < -0.39 is 5.54 Å². The molecule has 1 saturated carbocycles. The minimum absolute atomic E-state index is 0.0433. The lowest BCUT2D eigenvalue weighted by molar-refractivity contribution is -0.139. The maximum Gasteiger partial charge on any atom is 0.242 e. The molecule has 5 heteroatoms. The number of likely N-dealkylation sites (N-methyl/N-ethyl adjacent to an activating group) is 1. The Morgan fingerprint density at radius 3 is 2.93 bits per heavy atom. The van der Waals surface area contributed by atoms with Gasteiger partial charge >= 0.3 is 0 Å². The molecule has 15 heavy (non-hydrogen) atoms. The fourth-order valence-corrected chi connectivity index (χ4v) is 2.33. The molecule has 1 aromatic rings. The van der Waals surface area contributed by atoms with Crippen molar-refractivity contribution in [2.24, 2.45) is 5.73 Å². The Labute approximate surface area is 93.1 Å². The van der Waals surface area contributed by atoms with Crippen LogP contribution < -0.4 is 5.73 Å². The highest BCUT2D eigenvalue weighted by atomic mass is 32.1. The molecule has 0 bridgehead atoms. The number of hydrogen-bond acceptors (Lipinski definition) is 4. The van der Waals surface area contributed by atoms with Crippen LogP contribution in [0, 0.1) is 0 Å². The number of nitrogens with two attached hydrogens (primary N) is 1. The van der Waals surface area contributed by atoms with Crippen molar-refractivity contribution < 1.29 is 4.79 Å². The average molecular weight is 225 g/mol. The van der Waals surface area contributed by atoms with Gasteiger partial charge in [-0.25, -0.2) is 4.98 Å². The van der Waals surface area contributed by atoms with Crippen LogP contribution >= 0.6 is 11.3 Å². The molecular weight excluding hydrogens is 210 g/mol. The van der Waals surface area contributed by atoms with Crippen LogP contribution in [0.15, 0.2) is 10.9 Å². The van der Waals surface area contributed by atoms with Gasteiger partial charge in [-0.1, -0.05) is 0 Å². The third-order valence-corrected chi connectivity index (χ3v) is 3.54. The van der Waals surface area contributed by atoms with Crippen LogP contribution in [0.25, 0.3) is 0 Å². The molecule has 1 aromatic heterocycles. The number of rotatable bonds is 3. The standard InChI is InChI=1S/C10H15N3OS/c1-13(5-8-6-15-7-12-8)9(14)10(11)3-2-4-10/h6-7H,2-5,11H2,1H3. The summed E-state index contributed by atoms with van der Waals surface area (Å²) in [5.41, 5.74) is 8.08. The van der Waals surface area contributed by atoms with Crippen LogP contribution in [0.3, 0.4) is 0 Å². The van der Waals surface area contributed by atoms with Crippen molar-refractivity contribution >= 4 is 17.2 Å². The van der Waals surface area contributed by atoms with Crippen LogP contribution in [-0.2, 0) is 11.3 Å². The molecule has 0 aromatic carbocycles. The van der Waals surface area contributed by atoms with E-state index >= 15 is 0 Å². The summed E-state index contributed by atoms with van der Waals surface area (Å²) in [6, 6.07) is 0. The van der Waals surface area contributed by atoms with E-state index in [0.29, 0.717) is 6.54 Å². The summed E-state index contributed by atoms with van der Waals surface area (Å²) >= 11 is 1.54. The van der Waals surface area contributed by atoms with Crippen LogP contribution in [0.1, 0.15) is 25.0 Å². The van der Waals surface area contributed by atoms with E-state index in [-0.39, 0.29) is 5.91 Å². The van der Waals surface area contributed by atoms with Crippen LogP contribution in [-0.4, -0.2) is 28.4 Å². The van der Waals surface area contributed by atoms with Crippen molar-refractivity contribution in [2.75, 3.05) is 7.05 Å². The third kappa shape index (κ3) is 2.03. The zero-order valence-electron chi connectivity index (χ0n) is 8.77.